The minimum absolute atomic E-state index is 0.411. The van der Waals surface area contributed by atoms with E-state index in [0.717, 1.165) is 13.0 Å². The molecule has 0 amide bonds. The second-order valence-electron chi connectivity index (χ2n) is 4.58. The molecule has 0 bridgehead atoms. The average molecular weight is 201 g/mol. The first-order valence-corrected chi connectivity index (χ1v) is 5.65. The Labute approximate surface area is 89.9 Å². The summed E-state index contributed by atoms with van der Waals surface area (Å²) in [6, 6.07) is 11.3. The Bertz CT molecular complexity index is 373. The number of ketones is 1. The van der Waals surface area contributed by atoms with Gasteiger partial charge in [0.05, 0.1) is 6.54 Å². The van der Waals surface area contributed by atoms with E-state index in [1.54, 1.807) is 0 Å². The molecular formula is C13H15NO. The molecule has 2 atom stereocenters. The van der Waals surface area contributed by atoms with Crippen molar-refractivity contribution < 1.29 is 4.79 Å². The molecule has 2 heteroatoms. The maximum absolute atomic E-state index is 11.2. The van der Waals surface area contributed by atoms with E-state index in [1.807, 2.05) is 0 Å². The van der Waals surface area contributed by atoms with Crippen LogP contribution in [0.15, 0.2) is 30.3 Å². The Morgan fingerprint density at radius 2 is 2.00 bits per heavy atom. The fourth-order valence-corrected chi connectivity index (χ4v) is 2.58. The van der Waals surface area contributed by atoms with E-state index in [9.17, 15) is 4.79 Å². The SMILES string of the molecule is O=C1CCN(C2CC2c2ccccc2)C1. The van der Waals surface area contributed by atoms with Crippen molar-refractivity contribution in [2.75, 3.05) is 13.1 Å². The largest absolute Gasteiger partial charge is 0.298 e. The molecule has 3 rings (SSSR count). The molecule has 2 fully saturated rings. The van der Waals surface area contributed by atoms with Gasteiger partial charge in [-0.2, -0.15) is 0 Å². The predicted molar refractivity (Wildman–Crippen MR) is 58.8 cm³/mol. The molecule has 1 aliphatic carbocycles. The van der Waals surface area contributed by atoms with Crippen LogP contribution in [0.2, 0.25) is 0 Å². The maximum Gasteiger partial charge on any atom is 0.148 e. The third kappa shape index (κ3) is 1.70. The van der Waals surface area contributed by atoms with Crippen molar-refractivity contribution in [2.24, 2.45) is 0 Å². The van der Waals surface area contributed by atoms with Crippen LogP contribution in [0, 0.1) is 0 Å². The van der Waals surface area contributed by atoms with Gasteiger partial charge in [0.1, 0.15) is 5.78 Å². The molecule has 1 heterocycles. The Hall–Kier alpha value is -1.15. The second kappa shape index (κ2) is 3.46. The quantitative estimate of drug-likeness (QED) is 0.727. The van der Waals surface area contributed by atoms with Gasteiger partial charge in [0, 0.05) is 24.9 Å². The monoisotopic (exact) mass is 201 g/mol. The van der Waals surface area contributed by atoms with Gasteiger partial charge in [-0.05, 0) is 12.0 Å². The molecule has 0 aromatic heterocycles. The Balaban J connectivity index is 1.67. The second-order valence-corrected chi connectivity index (χ2v) is 4.58. The molecule has 1 aromatic rings. The number of Topliss-reactive ketones (excluding diaryl/α,β-unsaturated/α-hetero) is 1. The van der Waals surface area contributed by atoms with Crippen LogP contribution in [-0.4, -0.2) is 29.8 Å². The van der Waals surface area contributed by atoms with E-state index < -0.39 is 0 Å². The molecule has 15 heavy (non-hydrogen) atoms. The molecule has 1 aromatic carbocycles. The predicted octanol–water partition coefficient (Wildman–Crippen LogP) is 1.82. The molecule has 2 nitrogen and oxygen atoms in total. The number of carbonyl (C=O) groups excluding carboxylic acids is 1. The lowest BCUT2D eigenvalue weighted by molar-refractivity contribution is -0.116. The number of hydrogen-bond acceptors (Lipinski definition) is 2. The summed E-state index contributed by atoms with van der Waals surface area (Å²) >= 11 is 0. The van der Waals surface area contributed by atoms with Gasteiger partial charge in [0.25, 0.3) is 0 Å². The molecular weight excluding hydrogens is 186 g/mol. The molecule has 1 saturated heterocycles. The molecule has 1 aliphatic heterocycles. The third-order valence-electron chi connectivity index (χ3n) is 3.51. The summed E-state index contributed by atoms with van der Waals surface area (Å²) in [5.41, 5.74) is 1.43. The van der Waals surface area contributed by atoms with E-state index in [1.165, 1.54) is 12.0 Å². The van der Waals surface area contributed by atoms with E-state index >= 15 is 0 Å². The van der Waals surface area contributed by atoms with Gasteiger partial charge < -0.3 is 0 Å². The van der Waals surface area contributed by atoms with Gasteiger partial charge in [-0.1, -0.05) is 30.3 Å². The first kappa shape index (κ1) is 9.10. The van der Waals surface area contributed by atoms with Crippen molar-refractivity contribution in [3.8, 4) is 0 Å². The molecule has 0 N–H and O–H groups in total. The summed E-state index contributed by atoms with van der Waals surface area (Å²) in [6.07, 6.45) is 2.00. The van der Waals surface area contributed by atoms with E-state index in [0.29, 0.717) is 24.3 Å². The summed E-state index contributed by atoms with van der Waals surface area (Å²) in [6.45, 7) is 1.67. The first-order chi connectivity index (χ1) is 7.34. The zero-order valence-electron chi connectivity index (χ0n) is 8.73. The van der Waals surface area contributed by atoms with Crippen molar-refractivity contribution >= 4 is 5.78 Å². The minimum Gasteiger partial charge on any atom is -0.298 e. The number of hydrogen-bond donors (Lipinski definition) is 0. The van der Waals surface area contributed by atoms with Gasteiger partial charge in [-0.25, -0.2) is 0 Å². The van der Waals surface area contributed by atoms with Crippen molar-refractivity contribution in [2.45, 2.75) is 24.8 Å². The summed E-state index contributed by atoms with van der Waals surface area (Å²) < 4.78 is 0. The van der Waals surface area contributed by atoms with Crippen molar-refractivity contribution in [1.82, 2.24) is 4.90 Å². The van der Waals surface area contributed by atoms with Crippen LogP contribution >= 0.6 is 0 Å². The summed E-state index contributed by atoms with van der Waals surface area (Å²) in [5.74, 6) is 1.09. The lowest BCUT2D eigenvalue weighted by Gasteiger charge is -2.13. The fourth-order valence-electron chi connectivity index (χ4n) is 2.58. The smallest absolute Gasteiger partial charge is 0.148 e. The highest BCUT2D eigenvalue weighted by Crippen LogP contribution is 2.45. The zero-order valence-corrected chi connectivity index (χ0v) is 8.73. The first-order valence-electron chi connectivity index (χ1n) is 5.65. The molecule has 0 spiro atoms. The topological polar surface area (TPSA) is 20.3 Å². The third-order valence-corrected chi connectivity index (χ3v) is 3.51. The standard InChI is InChI=1S/C13H15NO/c15-11-6-7-14(9-11)13-8-12(13)10-4-2-1-3-5-10/h1-5,12-13H,6-9H2. The number of carbonyl (C=O) groups is 1. The van der Waals surface area contributed by atoms with Gasteiger partial charge in [0.15, 0.2) is 0 Å². The van der Waals surface area contributed by atoms with Gasteiger partial charge in [-0.3, -0.25) is 9.69 Å². The Morgan fingerprint density at radius 3 is 2.67 bits per heavy atom. The van der Waals surface area contributed by atoms with Crippen LogP contribution in [0.5, 0.6) is 0 Å². The minimum atomic E-state index is 0.411. The number of likely N-dealkylation sites (tertiary alicyclic amines) is 1. The van der Waals surface area contributed by atoms with Crippen molar-refractivity contribution in [3.05, 3.63) is 35.9 Å². The zero-order chi connectivity index (χ0) is 10.3. The van der Waals surface area contributed by atoms with E-state index in [2.05, 4.69) is 35.2 Å². The molecule has 0 radical (unpaired) electrons. The molecule has 78 valence electrons. The Morgan fingerprint density at radius 1 is 1.20 bits per heavy atom. The van der Waals surface area contributed by atoms with E-state index in [4.69, 9.17) is 0 Å². The van der Waals surface area contributed by atoms with Gasteiger partial charge in [0.2, 0.25) is 0 Å². The normalized spacial score (nSPS) is 30.8. The Kier molecular flexibility index (Phi) is 2.10. The summed E-state index contributed by atoms with van der Waals surface area (Å²) in [4.78, 5) is 13.5. The van der Waals surface area contributed by atoms with Crippen LogP contribution in [0.4, 0.5) is 0 Å². The van der Waals surface area contributed by atoms with Crippen molar-refractivity contribution in [1.29, 1.82) is 0 Å². The van der Waals surface area contributed by atoms with Crippen LogP contribution in [0.3, 0.4) is 0 Å². The van der Waals surface area contributed by atoms with Crippen LogP contribution in [-0.2, 0) is 4.79 Å². The average Bonchev–Trinajstić information content (AvgIpc) is 2.96. The summed E-state index contributed by atoms with van der Waals surface area (Å²) in [7, 11) is 0. The number of nitrogens with zero attached hydrogens (tertiary/aromatic N) is 1. The highest BCUT2D eigenvalue weighted by atomic mass is 16.1. The lowest BCUT2D eigenvalue weighted by Crippen LogP contribution is -2.24. The lowest BCUT2D eigenvalue weighted by atomic mass is 10.1. The number of benzene rings is 1. The van der Waals surface area contributed by atoms with Crippen LogP contribution in [0.1, 0.15) is 24.3 Å². The van der Waals surface area contributed by atoms with Gasteiger partial charge >= 0.3 is 0 Å². The maximum atomic E-state index is 11.2. The van der Waals surface area contributed by atoms with Crippen LogP contribution < -0.4 is 0 Å². The highest BCUT2D eigenvalue weighted by molar-refractivity contribution is 5.82. The fraction of sp³-hybridized carbons (Fsp3) is 0.462. The molecule has 2 unspecified atom stereocenters. The number of rotatable bonds is 2. The summed E-state index contributed by atoms with van der Waals surface area (Å²) in [5, 5.41) is 0. The van der Waals surface area contributed by atoms with Crippen LogP contribution in [0.25, 0.3) is 0 Å². The molecule has 1 saturated carbocycles. The van der Waals surface area contributed by atoms with E-state index in [-0.39, 0.29) is 0 Å². The molecule has 2 aliphatic rings. The highest BCUT2D eigenvalue weighted by Gasteiger charge is 2.44. The van der Waals surface area contributed by atoms with Gasteiger partial charge in [-0.15, -0.1) is 0 Å². The van der Waals surface area contributed by atoms with Crippen molar-refractivity contribution in [3.63, 3.8) is 0 Å².